The van der Waals surface area contributed by atoms with Gasteiger partial charge in [-0.05, 0) is 38.3 Å². The van der Waals surface area contributed by atoms with E-state index in [-0.39, 0.29) is 23.6 Å². The third kappa shape index (κ3) is 3.74. The minimum absolute atomic E-state index is 0.0636. The van der Waals surface area contributed by atoms with Crippen LogP contribution in [-0.2, 0) is 4.74 Å². The third-order valence-electron chi connectivity index (χ3n) is 3.89. The summed E-state index contributed by atoms with van der Waals surface area (Å²) in [6, 6.07) is 0.322. The number of hydrogen-bond donors (Lipinski definition) is 0. The molecule has 0 aliphatic carbocycles. The smallest absolute Gasteiger partial charge is 0.322 e. The van der Waals surface area contributed by atoms with Crippen LogP contribution in [-0.4, -0.2) is 46.4 Å². The van der Waals surface area contributed by atoms with Crippen molar-refractivity contribution in [2.45, 2.75) is 57.8 Å². The quantitative estimate of drug-likeness (QED) is 0.854. The van der Waals surface area contributed by atoms with Crippen molar-refractivity contribution >= 4 is 17.5 Å². The molecule has 0 bridgehead atoms. The van der Waals surface area contributed by atoms with E-state index in [0.29, 0.717) is 12.0 Å². The van der Waals surface area contributed by atoms with Crippen molar-refractivity contribution in [1.29, 1.82) is 0 Å². The van der Waals surface area contributed by atoms with Crippen molar-refractivity contribution in [3.8, 4) is 6.01 Å². The van der Waals surface area contributed by atoms with Gasteiger partial charge in [0.15, 0.2) is 0 Å². The van der Waals surface area contributed by atoms with Crippen LogP contribution >= 0.6 is 11.6 Å². The van der Waals surface area contributed by atoms with Gasteiger partial charge in [0.1, 0.15) is 6.10 Å². The Morgan fingerprint density at radius 1 is 1.10 bits per heavy atom. The second-order valence-electron chi connectivity index (χ2n) is 5.85. The van der Waals surface area contributed by atoms with Gasteiger partial charge < -0.3 is 14.4 Å². The van der Waals surface area contributed by atoms with Crippen LogP contribution in [0, 0.1) is 0 Å². The monoisotopic (exact) mass is 312 g/mol. The van der Waals surface area contributed by atoms with Gasteiger partial charge in [0.05, 0.1) is 12.2 Å². The zero-order chi connectivity index (χ0) is 14.8. The summed E-state index contributed by atoms with van der Waals surface area (Å²) in [5, 5.41) is 0.190. The fourth-order valence-corrected chi connectivity index (χ4v) is 3.17. The minimum atomic E-state index is 0.0636. The Morgan fingerprint density at radius 3 is 2.43 bits per heavy atom. The Kier molecular flexibility index (Phi) is 4.45. The first kappa shape index (κ1) is 14.8. The van der Waals surface area contributed by atoms with Gasteiger partial charge in [-0.15, -0.1) is 0 Å². The van der Waals surface area contributed by atoms with Crippen LogP contribution in [0.2, 0.25) is 5.28 Å². The highest BCUT2D eigenvalue weighted by Gasteiger charge is 2.27. The van der Waals surface area contributed by atoms with Gasteiger partial charge in [-0.3, -0.25) is 0 Å². The van der Waals surface area contributed by atoms with E-state index in [0.717, 1.165) is 38.8 Å². The maximum absolute atomic E-state index is 6.01. The normalized spacial score (nSPS) is 29.7. The number of hydrogen-bond acceptors (Lipinski definition) is 6. The van der Waals surface area contributed by atoms with E-state index in [4.69, 9.17) is 21.1 Å². The SMILES string of the molecule is CC1CC(Oc2nc(Cl)nc(N3CCCC3)n2)CC(C)O1. The molecule has 0 saturated carbocycles. The van der Waals surface area contributed by atoms with E-state index in [9.17, 15) is 0 Å². The van der Waals surface area contributed by atoms with Crippen LogP contribution in [0.4, 0.5) is 5.95 Å². The maximum atomic E-state index is 6.01. The van der Waals surface area contributed by atoms with Gasteiger partial charge in [-0.25, -0.2) is 0 Å². The molecule has 116 valence electrons. The van der Waals surface area contributed by atoms with Gasteiger partial charge in [0.2, 0.25) is 11.2 Å². The van der Waals surface area contributed by atoms with Crippen LogP contribution in [0.5, 0.6) is 6.01 Å². The molecule has 2 unspecified atom stereocenters. The Balaban J connectivity index is 1.72. The molecule has 7 heteroatoms. The fourth-order valence-electron chi connectivity index (χ4n) is 3.02. The molecule has 2 atom stereocenters. The predicted octanol–water partition coefficient (Wildman–Crippen LogP) is 2.46. The molecule has 1 aromatic heterocycles. The van der Waals surface area contributed by atoms with Crippen LogP contribution < -0.4 is 9.64 Å². The highest BCUT2D eigenvalue weighted by molar-refractivity contribution is 6.28. The van der Waals surface area contributed by atoms with E-state index >= 15 is 0 Å². The average molecular weight is 313 g/mol. The van der Waals surface area contributed by atoms with Gasteiger partial charge in [-0.1, -0.05) is 0 Å². The third-order valence-corrected chi connectivity index (χ3v) is 4.06. The van der Waals surface area contributed by atoms with Gasteiger partial charge in [0.25, 0.3) is 0 Å². The summed E-state index contributed by atoms with van der Waals surface area (Å²) in [7, 11) is 0. The number of ether oxygens (including phenoxy) is 2. The largest absolute Gasteiger partial charge is 0.460 e. The molecule has 6 nitrogen and oxygen atoms in total. The molecule has 21 heavy (non-hydrogen) atoms. The Bertz CT molecular complexity index is 486. The second kappa shape index (κ2) is 6.32. The van der Waals surface area contributed by atoms with Gasteiger partial charge in [-0.2, -0.15) is 15.0 Å². The molecule has 3 heterocycles. The molecule has 3 rings (SSSR count). The van der Waals surface area contributed by atoms with Crippen molar-refractivity contribution in [3.63, 3.8) is 0 Å². The average Bonchev–Trinajstić information content (AvgIpc) is 2.90. The minimum Gasteiger partial charge on any atom is -0.460 e. The lowest BCUT2D eigenvalue weighted by Crippen LogP contribution is -2.36. The zero-order valence-corrected chi connectivity index (χ0v) is 13.2. The van der Waals surface area contributed by atoms with Crippen molar-refractivity contribution < 1.29 is 9.47 Å². The van der Waals surface area contributed by atoms with Crippen LogP contribution in [0.3, 0.4) is 0 Å². The van der Waals surface area contributed by atoms with Crippen LogP contribution in [0.15, 0.2) is 0 Å². The molecule has 0 N–H and O–H groups in total. The van der Waals surface area contributed by atoms with Crippen LogP contribution in [0.25, 0.3) is 0 Å². The molecule has 0 aromatic carbocycles. The molecule has 0 amide bonds. The molecule has 0 spiro atoms. The van der Waals surface area contributed by atoms with Gasteiger partial charge >= 0.3 is 6.01 Å². The summed E-state index contributed by atoms with van der Waals surface area (Å²) in [5.41, 5.74) is 0. The summed E-state index contributed by atoms with van der Waals surface area (Å²) in [6.07, 6.45) is 4.44. The summed E-state index contributed by atoms with van der Waals surface area (Å²) in [6.45, 7) is 6.04. The summed E-state index contributed by atoms with van der Waals surface area (Å²) >= 11 is 6.01. The summed E-state index contributed by atoms with van der Waals surface area (Å²) in [5.74, 6) is 0.621. The summed E-state index contributed by atoms with van der Waals surface area (Å²) < 4.78 is 11.6. The number of anilines is 1. The lowest BCUT2D eigenvalue weighted by molar-refractivity contribution is -0.0738. The predicted molar refractivity (Wildman–Crippen MR) is 79.9 cm³/mol. The molecular weight excluding hydrogens is 292 g/mol. The molecule has 2 aliphatic heterocycles. The molecule has 1 aromatic rings. The standard InChI is InChI=1S/C14H21ClN4O2/c1-9-7-11(8-10(2)20-9)21-14-17-12(15)16-13(18-14)19-5-3-4-6-19/h9-11H,3-8H2,1-2H3. The Labute approximate surface area is 129 Å². The molecule has 2 fully saturated rings. The van der Waals surface area contributed by atoms with Crippen molar-refractivity contribution in [1.82, 2.24) is 15.0 Å². The number of aromatic nitrogens is 3. The first-order chi connectivity index (χ1) is 10.1. The molecular formula is C14H21ClN4O2. The van der Waals surface area contributed by atoms with E-state index in [1.54, 1.807) is 0 Å². The van der Waals surface area contributed by atoms with Crippen molar-refractivity contribution in [2.75, 3.05) is 18.0 Å². The lowest BCUT2D eigenvalue weighted by atomic mass is 10.0. The lowest BCUT2D eigenvalue weighted by Gasteiger charge is -2.31. The molecule has 2 aliphatic rings. The first-order valence-corrected chi connectivity index (χ1v) is 7.96. The highest BCUT2D eigenvalue weighted by Crippen LogP contribution is 2.24. The number of nitrogens with zero attached hydrogens (tertiary/aromatic N) is 4. The Hall–Kier alpha value is -1.14. The molecule has 0 radical (unpaired) electrons. The second-order valence-corrected chi connectivity index (χ2v) is 6.19. The van der Waals surface area contributed by atoms with E-state index in [1.807, 2.05) is 0 Å². The van der Waals surface area contributed by atoms with Crippen LogP contribution in [0.1, 0.15) is 39.5 Å². The highest BCUT2D eigenvalue weighted by atomic mass is 35.5. The van der Waals surface area contributed by atoms with E-state index in [1.165, 1.54) is 0 Å². The fraction of sp³-hybridized carbons (Fsp3) is 0.786. The number of rotatable bonds is 3. The van der Waals surface area contributed by atoms with E-state index < -0.39 is 0 Å². The Morgan fingerprint density at radius 2 is 1.76 bits per heavy atom. The first-order valence-electron chi connectivity index (χ1n) is 7.59. The number of halogens is 1. The topological polar surface area (TPSA) is 60.4 Å². The zero-order valence-electron chi connectivity index (χ0n) is 12.5. The van der Waals surface area contributed by atoms with E-state index in [2.05, 4.69) is 33.7 Å². The van der Waals surface area contributed by atoms with Gasteiger partial charge in [0, 0.05) is 25.9 Å². The maximum Gasteiger partial charge on any atom is 0.322 e. The van der Waals surface area contributed by atoms with Crippen molar-refractivity contribution in [3.05, 3.63) is 5.28 Å². The molecule has 2 saturated heterocycles. The summed E-state index contributed by atoms with van der Waals surface area (Å²) in [4.78, 5) is 14.8. The van der Waals surface area contributed by atoms with Crippen molar-refractivity contribution in [2.24, 2.45) is 0 Å².